The van der Waals surface area contributed by atoms with E-state index < -0.39 is 5.82 Å². The molecule has 2 amide bonds. The van der Waals surface area contributed by atoms with Crippen molar-refractivity contribution in [1.29, 1.82) is 0 Å². The van der Waals surface area contributed by atoms with E-state index in [0.717, 1.165) is 11.3 Å². The third kappa shape index (κ3) is 6.54. The molecule has 0 unspecified atom stereocenters. The molecule has 0 saturated carbocycles. The maximum Gasteiger partial charge on any atom is 0.234 e. The van der Waals surface area contributed by atoms with Crippen molar-refractivity contribution < 1.29 is 18.7 Å². The zero-order chi connectivity index (χ0) is 23.1. The molecule has 3 rings (SSSR count). The van der Waals surface area contributed by atoms with Crippen LogP contribution in [0.1, 0.15) is 11.4 Å². The van der Waals surface area contributed by atoms with E-state index in [4.69, 9.17) is 4.74 Å². The quantitative estimate of drug-likeness (QED) is 0.419. The van der Waals surface area contributed by atoms with E-state index in [0.29, 0.717) is 15.5 Å². The second kappa shape index (κ2) is 11.1. The van der Waals surface area contributed by atoms with Crippen molar-refractivity contribution >= 4 is 45.2 Å². The lowest BCUT2D eigenvalue weighted by Gasteiger charge is -2.08. The van der Waals surface area contributed by atoms with Crippen molar-refractivity contribution in [2.75, 3.05) is 18.2 Å². The van der Waals surface area contributed by atoms with Gasteiger partial charge in [-0.3, -0.25) is 9.59 Å². The van der Waals surface area contributed by atoms with Gasteiger partial charge in [-0.2, -0.15) is 0 Å². The zero-order valence-corrected chi connectivity index (χ0v) is 19.8. The number of thioether (sulfide) groups is 1. The minimum atomic E-state index is -0.524. The van der Waals surface area contributed by atoms with Gasteiger partial charge in [-0.1, -0.05) is 39.8 Å². The molecule has 11 heteroatoms. The molecule has 2 N–H and O–H groups in total. The Labute approximate surface area is 197 Å². The first-order valence-corrected chi connectivity index (χ1v) is 11.3. The number of nitrogens with zero attached hydrogens (tertiary/aromatic N) is 3. The van der Waals surface area contributed by atoms with E-state index in [9.17, 15) is 14.0 Å². The Morgan fingerprint density at radius 1 is 1.16 bits per heavy atom. The summed E-state index contributed by atoms with van der Waals surface area (Å²) >= 11 is 4.34. The van der Waals surface area contributed by atoms with Crippen LogP contribution in [-0.2, 0) is 29.6 Å². The number of rotatable bonds is 9. The third-order valence-electron chi connectivity index (χ3n) is 4.43. The van der Waals surface area contributed by atoms with Gasteiger partial charge in [-0.05, 0) is 35.9 Å². The molecular weight excluding hydrogens is 501 g/mol. The van der Waals surface area contributed by atoms with Crippen LogP contribution >= 0.6 is 27.7 Å². The first kappa shape index (κ1) is 23.7. The van der Waals surface area contributed by atoms with Crippen molar-refractivity contribution in [3.8, 4) is 5.75 Å². The van der Waals surface area contributed by atoms with Gasteiger partial charge in [-0.25, -0.2) is 4.39 Å². The molecule has 0 fully saturated rings. The Bertz CT molecular complexity index is 1110. The van der Waals surface area contributed by atoms with E-state index in [2.05, 4.69) is 36.8 Å². The van der Waals surface area contributed by atoms with Crippen LogP contribution in [0.2, 0.25) is 0 Å². The van der Waals surface area contributed by atoms with Crippen LogP contribution in [-0.4, -0.2) is 39.4 Å². The fourth-order valence-corrected chi connectivity index (χ4v) is 3.76. The van der Waals surface area contributed by atoms with Crippen LogP contribution in [0.4, 0.5) is 10.1 Å². The molecule has 2 aromatic carbocycles. The first-order valence-electron chi connectivity index (χ1n) is 9.51. The maximum atomic E-state index is 13.8. The first-order chi connectivity index (χ1) is 15.4. The Morgan fingerprint density at radius 3 is 2.59 bits per heavy atom. The van der Waals surface area contributed by atoms with E-state index in [1.165, 1.54) is 23.9 Å². The number of amides is 2. The van der Waals surface area contributed by atoms with Gasteiger partial charge in [0.2, 0.25) is 11.8 Å². The van der Waals surface area contributed by atoms with E-state index in [-0.39, 0.29) is 36.2 Å². The van der Waals surface area contributed by atoms with Gasteiger partial charge < -0.3 is 19.9 Å². The van der Waals surface area contributed by atoms with Gasteiger partial charge in [0, 0.05) is 11.5 Å². The minimum Gasteiger partial charge on any atom is -0.497 e. The number of anilines is 1. The highest BCUT2D eigenvalue weighted by molar-refractivity contribution is 9.10. The molecule has 1 heterocycles. The van der Waals surface area contributed by atoms with Crippen LogP contribution in [0.25, 0.3) is 0 Å². The van der Waals surface area contributed by atoms with Crippen LogP contribution in [0.5, 0.6) is 5.75 Å². The molecule has 0 spiro atoms. The van der Waals surface area contributed by atoms with Gasteiger partial charge in [0.05, 0.1) is 31.5 Å². The van der Waals surface area contributed by atoms with Gasteiger partial charge in [0.25, 0.3) is 0 Å². The number of aromatic nitrogens is 3. The lowest BCUT2D eigenvalue weighted by molar-refractivity contribution is -0.120. The van der Waals surface area contributed by atoms with Gasteiger partial charge >= 0.3 is 0 Å². The summed E-state index contributed by atoms with van der Waals surface area (Å²) in [5.41, 5.74) is 0.975. The molecule has 0 atom stereocenters. The number of ether oxygens (including phenoxy) is 1. The number of methoxy groups -OCH3 is 1. The number of carbonyl (C=O) groups excluding carboxylic acids is 2. The van der Waals surface area contributed by atoms with Gasteiger partial charge in [0.15, 0.2) is 11.0 Å². The lowest BCUT2D eigenvalue weighted by Crippen LogP contribution is -2.26. The largest absolute Gasteiger partial charge is 0.497 e. The zero-order valence-electron chi connectivity index (χ0n) is 17.4. The summed E-state index contributed by atoms with van der Waals surface area (Å²) in [5, 5.41) is 14.0. The molecule has 168 valence electrons. The number of benzene rings is 2. The molecule has 0 aliphatic rings. The van der Waals surface area contributed by atoms with E-state index in [1.807, 2.05) is 12.1 Å². The Balaban J connectivity index is 1.47. The average molecular weight is 522 g/mol. The lowest BCUT2D eigenvalue weighted by atomic mass is 10.1. The number of hydrogen-bond donors (Lipinski definition) is 2. The van der Waals surface area contributed by atoms with Crippen LogP contribution in [0.15, 0.2) is 52.1 Å². The van der Waals surface area contributed by atoms with Gasteiger partial charge in [0.1, 0.15) is 11.6 Å². The molecule has 32 heavy (non-hydrogen) atoms. The van der Waals surface area contributed by atoms with E-state index >= 15 is 0 Å². The van der Waals surface area contributed by atoms with Crippen molar-refractivity contribution in [3.05, 3.63) is 64.1 Å². The van der Waals surface area contributed by atoms with E-state index in [1.54, 1.807) is 36.9 Å². The second-order valence-corrected chi connectivity index (χ2v) is 8.58. The maximum absolute atomic E-state index is 13.8. The summed E-state index contributed by atoms with van der Waals surface area (Å²) in [4.78, 5) is 24.3. The number of hydrogen-bond acceptors (Lipinski definition) is 6. The highest BCUT2D eigenvalue weighted by Crippen LogP contribution is 2.21. The van der Waals surface area contributed by atoms with Crippen LogP contribution in [0, 0.1) is 5.82 Å². The second-order valence-electron chi connectivity index (χ2n) is 6.72. The van der Waals surface area contributed by atoms with Crippen molar-refractivity contribution in [1.82, 2.24) is 20.1 Å². The summed E-state index contributed by atoms with van der Waals surface area (Å²) in [5.74, 6) is 0.274. The van der Waals surface area contributed by atoms with Crippen molar-refractivity contribution in [2.45, 2.75) is 18.1 Å². The molecular formula is C21H21BrFN5O3S. The highest BCUT2D eigenvalue weighted by atomic mass is 79.9. The summed E-state index contributed by atoms with van der Waals surface area (Å²) < 4.78 is 21.2. The Kier molecular flexibility index (Phi) is 8.23. The molecule has 8 nitrogen and oxygen atoms in total. The van der Waals surface area contributed by atoms with Crippen molar-refractivity contribution in [2.24, 2.45) is 7.05 Å². The molecule has 0 bridgehead atoms. The third-order valence-corrected chi connectivity index (χ3v) is 5.94. The Morgan fingerprint density at radius 2 is 1.91 bits per heavy atom. The monoisotopic (exact) mass is 521 g/mol. The molecule has 0 aliphatic heterocycles. The fraction of sp³-hybridized carbons (Fsp3) is 0.238. The SMILES string of the molecule is COc1ccc(CC(=O)NCc2nnc(SCC(=O)Nc3ccc(Br)cc3F)n2C)cc1. The number of nitrogens with one attached hydrogen (secondary N) is 2. The summed E-state index contributed by atoms with van der Waals surface area (Å²) in [7, 11) is 3.34. The Hall–Kier alpha value is -2.92. The summed E-state index contributed by atoms with van der Waals surface area (Å²) in [6, 6.07) is 11.7. The normalized spacial score (nSPS) is 10.6. The summed E-state index contributed by atoms with van der Waals surface area (Å²) in [6.07, 6.45) is 0.232. The molecule has 0 aliphatic carbocycles. The number of carbonyl (C=O) groups is 2. The fourth-order valence-electron chi connectivity index (χ4n) is 2.70. The predicted molar refractivity (Wildman–Crippen MR) is 123 cm³/mol. The smallest absolute Gasteiger partial charge is 0.234 e. The molecule has 0 saturated heterocycles. The van der Waals surface area contributed by atoms with Gasteiger partial charge in [-0.15, -0.1) is 10.2 Å². The van der Waals surface area contributed by atoms with Crippen molar-refractivity contribution in [3.63, 3.8) is 0 Å². The standard InChI is InChI=1S/C21H21BrFN5O3S/c1-28-18(11-24-19(29)9-13-3-6-15(31-2)7-4-13)26-27-21(28)32-12-20(30)25-17-8-5-14(22)10-16(17)23/h3-8,10H,9,11-12H2,1-2H3,(H,24,29)(H,25,30). The highest BCUT2D eigenvalue weighted by Gasteiger charge is 2.14. The molecule has 3 aromatic rings. The predicted octanol–water partition coefficient (Wildman–Crippen LogP) is 3.32. The topological polar surface area (TPSA) is 98.1 Å². The molecule has 0 radical (unpaired) electrons. The van der Waals surface area contributed by atoms with Crippen LogP contribution in [0.3, 0.4) is 0 Å². The summed E-state index contributed by atoms with van der Waals surface area (Å²) in [6.45, 7) is 0.204. The van der Waals surface area contributed by atoms with Crippen LogP contribution < -0.4 is 15.4 Å². The number of halogens is 2. The molecule has 1 aromatic heterocycles. The minimum absolute atomic E-state index is 0.0330. The average Bonchev–Trinajstić information content (AvgIpc) is 3.12.